The highest BCUT2D eigenvalue weighted by molar-refractivity contribution is 7.99. The number of aryl methyl sites for hydroxylation is 1. The van der Waals surface area contributed by atoms with E-state index in [4.69, 9.17) is 4.98 Å². The molecule has 1 saturated heterocycles. The number of rotatable bonds is 2. The third-order valence-corrected chi connectivity index (χ3v) is 5.24. The van der Waals surface area contributed by atoms with Crippen LogP contribution in [0.3, 0.4) is 0 Å². The minimum absolute atomic E-state index is 0.668. The van der Waals surface area contributed by atoms with E-state index in [0.717, 1.165) is 5.92 Å². The number of hydrogen-bond acceptors (Lipinski definition) is 2. The molecule has 0 aromatic carbocycles. The second-order valence-electron chi connectivity index (χ2n) is 5.56. The van der Waals surface area contributed by atoms with Crippen LogP contribution >= 0.6 is 11.8 Å². The van der Waals surface area contributed by atoms with Crippen LogP contribution in [-0.2, 0) is 12.8 Å². The van der Waals surface area contributed by atoms with Crippen LogP contribution in [0.5, 0.6) is 0 Å². The largest absolute Gasteiger partial charge is 0.332 e. The number of nitrogens with zero attached hydrogens (tertiary/aromatic N) is 2. The Morgan fingerprint density at radius 3 is 2.94 bits per heavy atom. The summed E-state index contributed by atoms with van der Waals surface area (Å²) in [4.78, 5) is 4.85. The van der Waals surface area contributed by atoms with Gasteiger partial charge in [0, 0.05) is 18.7 Å². The van der Waals surface area contributed by atoms with Crippen LogP contribution in [0.2, 0.25) is 0 Å². The second-order valence-corrected chi connectivity index (χ2v) is 6.78. The van der Waals surface area contributed by atoms with Crippen molar-refractivity contribution in [2.24, 2.45) is 5.92 Å². The van der Waals surface area contributed by atoms with Crippen LogP contribution in [0, 0.1) is 5.92 Å². The van der Waals surface area contributed by atoms with Gasteiger partial charge in [-0.3, -0.25) is 0 Å². The van der Waals surface area contributed by atoms with Gasteiger partial charge in [0.1, 0.15) is 5.82 Å². The fourth-order valence-corrected chi connectivity index (χ4v) is 4.30. The Hall–Kier alpha value is -0.440. The molecule has 0 aliphatic carbocycles. The molecule has 0 spiro atoms. The molecule has 1 aromatic rings. The summed E-state index contributed by atoms with van der Waals surface area (Å²) in [5.74, 6) is 4.94. The first-order valence-corrected chi connectivity index (χ1v) is 8.13. The molecule has 0 saturated carbocycles. The molecule has 1 fully saturated rings. The molecule has 0 bridgehead atoms. The van der Waals surface area contributed by atoms with Crippen molar-refractivity contribution in [3.63, 3.8) is 0 Å². The molecule has 2 aliphatic rings. The summed E-state index contributed by atoms with van der Waals surface area (Å²) in [6.45, 7) is 2.32. The number of aromatic nitrogens is 2. The monoisotopic (exact) mass is 250 g/mol. The molecule has 2 nitrogen and oxygen atoms in total. The average molecular weight is 250 g/mol. The summed E-state index contributed by atoms with van der Waals surface area (Å²) in [6, 6.07) is 0.668. The Balaban J connectivity index is 1.71. The highest BCUT2D eigenvalue weighted by Gasteiger charge is 2.20. The lowest BCUT2D eigenvalue weighted by atomic mass is 9.97. The van der Waals surface area contributed by atoms with Gasteiger partial charge >= 0.3 is 0 Å². The number of thioether (sulfide) groups is 1. The summed E-state index contributed by atoms with van der Waals surface area (Å²) >= 11 is 2.11. The normalized spacial score (nSPS) is 25.8. The Morgan fingerprint density at radius 2 is 2.18 bits per heavy atom. The lowest BCUT2D eigenvalue weighted by molar-refractivity contribution is 0.425. The van der Waals surface area contributed by atoms with E-state index >= 15 is 0 Å². The van der Waals surface area contributed by atoms with E-state index in [-0.39, 0.29) is 0 Å². The third kappa shape index (κ3) is 2.54. The predicted molar refractivity (Wildman–Crippen MR) is 73.6 cm³/mol. The first kappa shape index (κ1) is 11.6. The quantitative estimate of drug-likeness (QED) is 0.800. The third-order valence-electron chi connectivity index (χ3n) is 4.19. The van der Waals surface area contributed by atoms with E-state index in [2.05, 4.69) is 29.4 Å². The molecule has 3 rings (SSSR count). The smallest absolute Gasteiger partial charge is 0.109 e. The lowest BCUT2D eigenvalue weighted by Crippen LogP contribution is -2.14. The van der Waals surface area contributed by atoms with Crippen molar-refractivity contribution in [1.29, 1.82) is 0 Å². The van der Waals surface area contributed by atoms with E-state index in [1.807, 2.05) is 0 Å². The Labute approximate surface area is 108 Å². The van der Waals surface area contributed by atoms with Crippen molar-refractivity contribution < 1.29 is 0 Å². The fourth-order valence-electron chi connectivity index (χ4n) is 3.09. The molecular weight excluding hydrogens is 228 g/mol. The van der Waals surface area contributed by atoms with Gasteiger partial charge in [0.05, 0.1) is 5.69 Å². The minimum Gasteiger partial charge on any atom is -0.332 e. The lowest BCUT2D eigenvalue weighted by Gasteiger charge is -2.21. The van der Waals surface area contributed by atoms with Crippen LogP contribution in [-0.4, -0.2) is 21.1 Å². The van der Waals surface area contributed by atoms with E-state index < -0.39 is 0 Å². The molecule has 1 atom stereocenters. The Morgan fingerprint density at radius 1 is 1.35 bits per heavy atom. The topological polar surface area (TPSA) is 17.8 Å². The van der Waals surface area contributed by atoms with Crippen LogP contribution in [0.25, 0.3) is 0 Å². The van der Waals surface area contributed by atoms with Gasteiger partial charge in [-0.15, -0.1) is 0 Å². The SMILES string of the molecule is CC1CCCc2nc(CC3CCSCC3)cn21. The van der Waals surface area contributed by atoms with Crippen molar-refractivity contribution in [3.8, 4) is 0 Å². The number of fused-ring (bicyclic) bond motifs is 1. The molecule has 3 heteroatoms. The molecular formula is C14H22N2S. The van der Waals surface area contributed by atoms with Gasteiger partial charge in [-0.25, -0.2) is 4.98 Å². The summed E-state index contributed by atoms with van der Waals surface area (Å²) in [6.07, 6.45) is 10.2. The van der Waals surface area contributed by atoms with Crippen molar-refractivity contribution in [1.82, 2.24) is 9.55 Å². The molecule has 17 heavy (non-hydrogen) atoms. The van der Waals surface area contributed by atoms with Crippen molar-refractivity contribution in [2.75, 3.05) is 11.5 Å². The van der Waals surface area contributed by atoms with Gasteiger partial charge in [0.25, 0.3) is 0 Å². The van der Waals surface area contributed by atoms with Gasteiger partial charge in [-0.05, 0) is 56.5 Å². The first-order chi connectivity index (χ1) is 8.33. The molecule has 94 valence electrons. The number of imidazole rings is 1. The maximum absolute atomic E-state index is 4.85. The summed E-state index contributed by atoms with van der Waals surface area (Å²) in [5, 5.41) is 0. The average Bonchev–Trinajstić information content (AvgIpc) is 2.74. The summed E-state index contributed by atoms with van der Waals surface area (Å²) in [7, 11) is 0. The zero-order valence-electron chi connectivity index (χ0n) is 10.7. The van der Waals surface area contributed by atoms with Crippen molar-refractivity contribution in [3.05, 3.63) is 17.7 Å². The second kappa shape index (κ2) is 5.05. The zero-order chi connectivity index (χ0) is 11.7. The minimum atomic E-state index is 0.668. The van der Waals surface area contributed by atoms with E-state index in [9.17, 15) is 0 Å². The Bertz CT molecular complexity index is 380. The highest BCUT2D eigenvalue weighted by Crippen LogP contribution is 2.28. The van der Waals surface area contributed by atoms with Crippen LogP contribution in [0.4, 0.5) is 0 Å². The Kier molecular flexibility index (Phi) is 3.46. The molecule has 0 amide bonds. The molecule has 3 heterocycles. The molecule has 0 N–H and O–H groups in total. The van der Waals surface area contributed by atoms with Gasteiger partial charge in [0.2, 0.25) is 0 Å². The maximum atomic E-state index is 4.85. The van der Waals surface area contributed by atoms with Crippen molar-refractivity contribution >= 4 is 11.8 Å². The maximum Gasteiger partial charge on any atom is 0.109 e. The molecule has 0 radical (unpaired) electrons. The molecule has 1 aromatic heterocycles. The van der Waals surface area contributed by atoms with Crippen LogP contribution in [0.15, 0.2) is 6.20 Å². The van der Waals surface area contributed by atoms with Gasteiger partial charge in [-0.2, -0.15) is 11.8 Å². The van der Waals surface area contributed by atoms with Gasteiger partial charge < -0.3 is 4.57 Å². The van der Waals surface area contributed by atoms with Gasteiger partial charge in [0.15, 0.2) is 0 Å². The summed E-state index contributed by atoms with van der Waals surface area (Å²) in [5.41, 5.74) is 1.35. The van der Waals surface area contributed by atoms with Gasteiger partial charge in [-0.1, -0.05) is 0 Å². The highest BCUT2D eigenvalue weighted by atomic mass is 32.2. The van der Waals surface area contributed by atoms with Crippen molar-refractivity contribution in [2.45, 2.75) is 51.5 Å². The standard InChI is InChI=1S/C14H22N2S/c1-11-3-2-4-14-15-13(10-16(11)14)9-12-5-7-17-8-6-12/h10-12H,2-9H2,1H3. The predicted octanol–water partition coefficient (Wildman–Crippen LogP) is 3.47. The van der Waals surface area contributed by atoms with E-state index in [0.29, 0.717) is 6.04 Å². The van der Waals surface area contributed by atoms with Crippen LogP contribution < -0.4 is 0 Å². The van der Waals surface area contributed by atoms with E-state index in [1.165, 1.54) is 61.5 Å². The zero-order valence-corrected chi connectivity index (χ0v) is 11.5. The first-order valence-electron chi connectivity index (χ1n) is 6.97. The molecule has 2 aliphatic heterocycles. The fraction of sp³-hybridized carbons (Fsp3) is 0.786. The van der Waals surface area contributed by atoms with Crippen LogP contribution in [0.1, 0.15) is 50.2 Å². The summed E-state index contributed by atoms with van der Waals surface area (Å²) < 4.78 is 2.43. The number of hydrogen-bond donors (Lipinski definition) is 0. The van der Waals surface area contributed by atoms with E-state index in [1.54, 1.807) is 0 Å². The molecule has 1 unspecified atom stereocenters.